The molecule has 2 aromatic carbocycles. The highest BCUT2D eigenvalue weighted by Gasteiger charge is 2.12. The van der Waals surface area contributed by atoms with Crippen LogP contribution in [0.25, 0.3) is 0 Å². The zero-order chi connectivity index (χ0) is 16.7. The molecule has 0 saturated heterocycles. The lowest BCUT2D eigenvalue weighted by Crippen LogP contribution is -2.28. The minimum absolute atomic E-state index is 0.247. The Hall–Kier alpha value is -2.33. The van der Waals surface area contributed by atoms with Crippen molar-refractivity contribution in [3.63, 3.8) is 0 Å². The van der Waals surface area contributed by atoms with E-state index in [4.69, 9.17) is 16.3 Å². The van der Waals surface area contributed by atoms with Crippen LogP contribution in [0.15, 0.2) is 48.5 Å². The van der Waals surface area contributed by atoms with Crippen LogP contribution in [0.1, 0.15) is 28.4 Å². The molecule has 4 nitrogen and oxygen atoms in total. The molecule has 0 fully saturated rings. The summed E-state index contributed by atoms with van der Waals surface area (Å²) in [4.78, 5) is 23.6. The zero-order valence-corrected chi connectivity index (χ0v) is 13.6. The maximum atomic E-state index is 11.8. The van der Waals surface area contributed by atoms with Crippen molar-refractivity contribution in [1.29, 1.82) is 0 Å². The summed E-state index contributed by atoms with van der Waals surface area (Å²) in [6.07, 6.45) is 0.977. The highest BCUT2D eigenvalue weighted by molar-refractivity contribution is 6.33. The molecule has 0 aliphatic carbocycles. The lowest BCUT2D eigenvalue weighted by Gasteiger charge is -2.08. The Labute approximate surface area is 140 Å². The maximum Gasteiger partial charge on any atom is 0.340 e. The number of hydrogen-bond acceptors (Lipinski definition) is 3. The second-order valence-corrected chi connectivity index (χ2v) is 5.41. The monoisotopic (exact) mass is 331 g/mol. The van der Waals surface area contributed by atoms with Crippen LogP contribution in [0.2, 0.25) is 5.02 Å². The van der Waals surface area contributed by atoms with Crippen LogP contribution in [0, 0.1) is 0 Å². The standard InChI is InChI=1S/C18H18ClNO3/c1-2-13-7-9-14(10-8-13)11-20-17(21)12-23-18(22)15-5-3-4-6-16(15)19/h3-10H,2,11-12H2,1H3,(H,20,21). The normalized spacial score (nSPS) is 10.2. The molecule has 120 valence electrons. The Kier molecular flexibility index (Phi) is 6.18. The molecular weight excluding hydrogens is 314 g/mol. The molecular formula is C18H18ClNO3. The van der Waals surface area contributed by atoms with E-state index in [1.54, 1.807) is 24.3 Å². The van der Waals surface area contributed by atoms with Gasteiger partial charge in [0.25, 0.3) is 5.91 Å². The number of esters is 1. The first kappa shape index (κ1) is 17.0. The summed E-state index contributed by atoms with van der Waals surface area (Å²) in [6.45, 7) is 2.15. The van der Waals surface area contributed by atoms with Gasteiger partial charge in [0.05, 0.1) is 10.6 Å². The van der Waals surface area contributed by atoms with Crippen molar-refractivity contribution in [3.8, 4) is 0 Å². The summed E-state index contributed by atoms with van der Waals surface area (Å²) in [6, 6.07) is 14.5. The summed E-state index contributed by atoms with van der Waals surface area (Å²) in [5.41, 5.74) is 2.49. The second-order valence-electron chi connectivity index (χ2n) is 5.00. The molecule has 1 N–H and O–H groups in total. The van der Waals surface area contributed by atoms with Gasteiger partial charge in [-0.05, 0) is 29.7 Å². The fourth-order valence-corrected chi connectivity index (χ4v) is 2.19. The van der Waals surface area contributed by atoms with Crippen molar-refractivity contribution in [3.05, 3.63) is 70.2 Å². The van der Waals surface area contributed by atoms with Gasteiger partial charge in [-0.25, -0.2) is 4.79 Å². The Morgan fingerprint density at radius 3 is 2.35 bits per heavy atom. The van der Waals surface area contributed by atoms with Gasteiger partial charge in [-0.2, -0.15) is 0 Å². The van der Waals surface area contributed by atoms with Gasteiger partial charge < -0.3 is 10.1 Å². The molecule has 23 heavy (non-hydrogen) atoms. The summed E-state index contributed by atoms with van der Waals surface area (Å²) >= 11 is 5.90. The van der Waals surface area contributed by atoms with Crippen molar-refractivity contribution < 1.29 is 14.3 Å². The van der Waals surface area contributed by atoms with Gasteiger partial charge in [-0.15, -0.1) is 0 Å². The van der Waals surface area contributed by atoms with Crippen LogP contribution in [0.5, 0.6) is 0 Å². The lowest BCUT2D eigenvalue weighted by atomic mass is 10.1. The number of benzene rings is 2. The molecule has 0 saturated carbocycles. The molecule has 0 aromatic heterocycles. The maximum absolute atomic E-state index is 11.8. The van der Waals surface area contributed by atoms with Crippen LogP contribution in [0.3, 0.4) is 0 Å². The van der Waals surface area contributed by atoms with Crippen molar-refractivity contribution in [1.82, 2.24) is 5.32 Å². The number of carbonyl (C=O) groups excluding carboxylic acids is 2. The first-order valence-electron chi connectivity index (χ1n) is 7.36. The van der Waals surface area contributed by atoms with Crippen molar-refractivity contribution in [2.45, 2.75) is 19.9 Å². The molecule has 0 aliphatic heterocycles. The number of aryl methyl sites for hydroxylation is 1. The number of hydrogen-bond donors (Lipinski definition) is 1. The summed E-state index contributed by atoms with van der Waals surface area (Å²) in [5.74, 6) is -0.969. The van der Waals surface area contributed by atoms with Gasteiger partial charge in [0.15, 0.2) is 6.61 Å². The fraction of sp³-hybridized carbons (Fsp3) is 0.222. The van der Waals surface area contributed by atoms with Crippen LogP contribution in [0.4, 0.5) is 0 Å². The van der Waals surface area contributed by atoms with Crippen LogP contribution >= 0.6 is 11.6 Å². The fourth-order valence-electron chi connectivity index (χ4n) is 1.98. The predicted molar refractivity (Wildman–Crippen MR) is 89.4 cm³/mol. The van der Waals surface area contributed by atoms with E-state index in [1.165, 1.54) is 5.56 Å². The zero-order valence-electron chi connectivity index (χ0n) is 12.8. The number of nitrogens with one attached hydrogen (secondary N) is 1. The highest BCUT2D eigenvalue weighted by atomic mass is 35.5. The van der Waals surface area contributed by atoms with Gasteiger partial charge in [-0.1, -0.05) is 54.9 Å². The minimum atomic E-state index is -0.613. The smallest absolute Gasteiger partial charge is 0.340 e. The highest BCUT2D eigenvalue weighted by Crippen LogP contribution is 2.15. The molecule has 0 unspecified atom stereocenters. The molecule has 1 amide bonds. The van der Waals surface area contributed by atoms with E-state index in [2.05, 4.69) is 12.2 Å². The predicted octanol–water partition coefficient (Wildman–Crippen LogP) is 3.38. The summed E-state index contributed by atoms with van der Waals surface area (Å²) in [7, 11) is 0. The van der Waals surface area contributed by atoms with Crippen molar-refractivity contribution in [2.75, 3.05) is 6.61 Å². The van der Waals surface area contributed by atoms with Crippen molar-refractivity contribution in [2.24, 2.45) is 0 Å². The molecule has 0 bridgehead atoms. The second kappa shape index (κ2) is 8.34. The van der Waals surface area contributed by atoms with E-state index >= 15 is 0 Å². The Morgan fingerprint density at radius 2 is 1.70 bits per heavy atom. The largest absolute Gasteiger partial charge is 0.452 e. The molecule has 0 radical (unpaired) electrons. The Bertz CT molecular complexity index is 683. The molecule has 2 rings (SSSR count). The number of halogens is 1. The van der Waals surface area contributed by atoms with Crippen LogP contribution < -0.4 is 5.32 Å². The van der Waals surface area contributed by atoms with E-state index in [9.17, 15) is 9.59 Å². The van der Waals surface area contributed by atoms with Gasteiger partial charge in [-0.3, -0.25) is 4.79 Å². The van der Waals surface area contributed by atoms with Gasteiger partial charge in [0.1, 0.15) is 0 Å². The van der Waals surface area contributed by atoms with Gasteiger partial charge in [0.2, 0.25) is 0 Å². The third kappa shape index (κ3) is 5.11. The molecule has 2 aromatic rings. The van der Waals surface area contributed by atoms with E-state index in [1.807, 2.05) is 24.3 Å². The number of carbonyl (C=O) groups is 2. The Morgan fingerprint density at radius 1 is 1.04 bits per heavy atom. The van der Waals surface area contributed by atoms with E-state index in [0.29, 0.717) is 11.6 Å². The average molecular weight is 332 g/mol. The van der Waals surface area contributed by atoms with E-state index < -0.39 is 5.97 Å². The number of rotatable bonds is 6. The molecule has 0 heterocycles. The molecule has 0 spiro atoms. The van der Waals surface area contributed by atoms with Gasteiger partial charge >= 0.3 is 5.97 Å². The van der Waals surface area contributed by atoms with Crippen LogP contribution in [-0.2, 0) is 22.5 Å². The van der Waals surface area contributed by atoms with E-state index in [0.717, 1.165) is 12.0 Å². The number of amides is 1. The first-order chi connectivity index (χ1) is 11.1. The van der Waals surface area contributed by atoms with Crippen molar-refractivity contribution >= 4 is 23.5 Å². The SMILES string of the molecule is CCc1ccc(CNC(=O)COC(=O)c2ccccc2Cl)cc1. The first-order valence-corrected chi connectivity index (χ1v) is 7.74. The number of ether oxygens (including phenoxy) is 1. The summed E-state index contributed by atoms with van der Waals surface area (Å²) in [5, 5.41) is 3.01. The Balaban J connectivity index is 1.78. The topological polar surface area (TPSA) is 55.4 Å². The quantitative estimate of drug-likeness (QED) is 0.826. The molecule has 5 heteroatoms. The molecule has 0 atom stereocenters. The van der Waals surface area contributed by atoms with E-state index in [-0.39, 0.29) is 18.1 Å². The molecule has 0 aliphatic rings. The summed E-state index contributed by atoms with van der Waals surface area (Å²) < 4.78 is 4.96. The lowest BCUT2D eigenvalue weighted by molar-refractivity contribution is -0.124. The van der Waals surface area contributed by atoms with Crippen LogP contribution in [-0.4, -0.2) is 18.5 Å². The van der Waals surface area contributed by atoms with Gasteiger partial charge in [0, 0.05) is 6.54 Å². The third-order valence-corrected chi connectivity index (χ3v) is 3.68. The average Bonchev–Trinajstić information content (AvgIpc) is 2.58. The third-order valence-electron chi connectivity index (χ3n) is 3.35. The minimum Gasteiger partial charge on any atom is -0.452 e.